The highest BCUT2D eigenvalue weighted by atomic mass is 79.9. The Morgan fingerprint density at radius 3 is 2.41 bits per heavy atom. The first-order valence-corrected chi connectivity index (χ1v) is 6.83. The first-order chi connectivity index (χ1) is 8.24. The molecule has 3 heteroatoms. The summed E-state index contributed by atoms with van der Waals surface area (Å²) in [5.74, 6) is 0.841. The Hall–Kier alpha value is -1.01. The first kappa shape index (κ1) is 12.4. The van der Waals surface area contributed by atoms with Crippen LogP contribution in [0, 0.1) is 16.7 Å². The van der Waals surface area contributed by atoms with Crippen molar-refractivity contribution in [2.75, 3.05) is 6.61 Å². The summed E-state index contributed by atoms with van der Waals surface area (Å²) >= 11 is 3.39. The van der Waals surface area contributed by atoms with Crippen LogP contribution in [0.1, 0.15) is 32.1 Å². The molecule has 17 heavy (non-hydrogen) atoms. The number of nitrogens with zero attached hydrogens (tertiary/aromatic N) is 1. The monoisotopic (exact) mass is 293 g/mol. The van der Waals surface area contributed by atoms with Crippen molar-refractivity contribution >= 4 is 15.9 Å². The van der Waals surface area contributed by atoms with E-state index >= 15 is 0 Å². The van der Waals surface area contributed by atoms with Gasteiger partial charge in [0, 0.05) is 4.47 Å². The van der Waals surface area contributed by atoms with E-state index in [4.69, 9.17) is 4.74 Å². The maximum absolute atomic E-state index is 9.33. The van der Waals surface area contributed by atoms with Crippen LogP contribution in [0.2, 0.25) is 0 Å². The van der Waals surface area contributed by atoms with Crippen LogP contribution in [-0.2, 0) is 0 Å². The van der Waals surface area contributed by atoms with Crippen LogP contribution < -0.4 is 4.74 Å². The van der Waals surface area contributed by atoms with Crippen LogP contribution >= 0.6 is 15.9 Å². The van der Waals surface area contributed by atoms with Crippen LogP contribution in [0.15, 0.2) is 28.7 Å². The minimum absolute atomic E-state index is 0.259. The zero-order valence-corrected chi connectivity index (χ0v) is 11.4. The molecule has 0 bridgehead atoms. The molecule has 0 saturated heterocycles. The second-order valence-electron chi connectivity index (χ2n) is 4.70. The molecule has 1 aromatic rings. The fourth-order valence-electron chi connectivity index (χ4n) is 2.27. The molecular weight excluding hydrogens is 278 g/mol. The minimum atomic E-state index is -0.259. The smallest absolute Gasteiger partial charge is 0.119 e. The van der Waals surface area contributed by atoms with Crippen LogP contribution in [0.4, 0.5) is 0 Å². The maximum Gasteiger partial charge on any atom is 0.119 e. The minimum Gasteiger partial charge on any atom is -0.492 e. The summed E-state index contributed by atoms with van der Waals surface area (Å²) in [7, 11) is 0. The van der Waals surface area contributed by atoms with Crippen LogP contribution in [-0.4, -0.2) is 6.61 Å². The fourth-order valence-corrected chi connectivity index (χ4v) is 2.53. The summed E-state index contributed by atoms with van der Waals surface area (Å²) in [4.78, 5) is 0. The predicted molar refractivity (Wildman–Crippen MR) is 70.8 cm³/mol. The van der Waals surface area contributed by atoms with E-state index in [1.54, 1.807) is 0 Å². The molecule has 0 amide bonds. The maximum atomic E-state index is 9.33. The molecule has 2 nitrogen and oxygen atoms in total. The van der Waals surface area contributed by atoms with Gasteiger partial charge in [0.15, 0.2) is 0 Å². The van der Waals surface area contributed by atoms with Gasteiger partial charge in [-0.15, -0.1) is 0 Å². The van der Waals surface area contributed by atoms with Gasteiger partial charge in [0.05, 0.1) is 11.5 Å². The molecule has 0 unspecified atom stereocenters. The number of ether oxygens (including phenoxy) is 1. The summed E-state index contributed by atoms with van der Waals surface area (Å²) in [5, 5.41) is 9.33. The number of hydrogen-bond acceptors (Lipinski definition) is 2. The molecule has 2 rings (SSSR count). The topological polar surface area (TPSA) is 33.0 Å². The molecule has 0 aliphatic heterocycles. The average molecular weight is 294 g/mol. The van der Waals surface area contributed by atoms with E-state index in [-0.39, 0.29) is 5.41 Å². The van der Waals surface area contributed by atoms with Gasteiger partial charge in [-0.3, -0.25) is 0 Å². The van der Waals surface area contributed by atoms with Gasteiger partial charge in [-0.1, -0.05) is 35.2 Å². The highest BCUT2D eigenvalue weighted by molar-refractivity contribution is 9.10. The van der Waals surface area contributed by atoms with E-state index in [0.717, 1.165) is 35.9 Å². The summed E-state index contributed by atoms with van der Waals surface area (Å²) in [6, 6.07) is 10.2. The van der Waals surface area contributed by atoms with Gasteiger partial charge in [-0.2, -0.15) is 5.26 Å². The van der Waals surface area contributed by atoms with Gasteiger partial charge in [-0.05, 0) is 37.1 Å². The molecule has 1 fully saturated rings. The lowest BCUT2D eigenvalue weighted by Gasteiger charge is -2.30. The van der Waals surface area contributed by atoms with Crippen molar-refractivity contribution in [1.29, 1.82) is 5.26 Å². The van der Waals surface area contributed by atoms with E-state index in [1.807, 2.05) is 24.3 Å². The standard InChI is InChI=1S/C14H16BrNO/c15-12-4-6-13(7-5-12)17-11-14(10-16)8-2-1-3-9-14/h4-7H,1-3,8-9,11H2. The lowest BCUT2D eigenvalue weighted by atomic mass is 9.76. The third-order valence-electron chi connectivity index (χ3n) is 3.38. The van der Waals surface area contributed by atoms with Gasteiger partial charge < -0.3 is 4.74 Å². The van der Waals surface area contributed by atoms with Crippen LogP contribution in [0.3, 0.4) is 0 Å². The van der Waals surface area contributed by atoms with Crippen molar-refractivity contribution < 1.29 is 4.74 Å². The summed E-state index contributed by atoms with van der Waals surface area (Å²) in [6.45, 7) is 0.519. The Balaban J connectivity index is 1.96. The molecule has 0 atom stereocenters. The van der Waals surface area contributed by atoms with Gasteiger partial charge in [0.2, 0.25) is 0 Å². The molecule has 0 radical (unpaired) electrons. The Kier molecular flexibility index (Phi) is 4.06. The van der Waals surface area contributed by atoms with Crippen LogP contribution in [0.5, 0.6) is 5.75 Å². The zero-order valence-electron chi connectivity index (χ0n) is 9.79. The Bertz CT molecular complexity index is 401. The Morgan fingerprint density at radius 1 is 1.18 bits per heavy atom. The normalized spacial score (nSPS) is 18.4. The van der Waals surface area contributed by atoms with Gasteiger partial charge >= 0.3 is 0 Å². The molecule has 1 saturated carbocycles. The van der Waals surface area contributed by atoms with E-state index in [2.05, 4.69) is 22.0 Å². The summed E-state index contributed by atoms with van der Waals surface area (Å²) in [6.07, 6.45) is 5.50. The SMILES string of the molecule is N#CC1(COc2ccc(Br)cc2)CCCCC1. The molecule has 0 heterocycles. The summed E-state index contributed by atoms with van der Waals surface area (Å²) < 4.78 is 6.79. The first-order valence-electron chi connectivity index (χ1n) is 6.04. The predicted octanol–water partition coefficient (Wildman–Crippen LogP) is 4.30. The van der Waals surface area contributed by atoms with Gasteiger partial charge in [0.25, 0.3) is 0 Å². The number of nitriles is 1. The second-order valence-corrected chi connectivity index (χ2v) is 5.61. The molecule has 0 spiro atoms. The fraction of sp³-hybridized carbons (Fsp3) is 0.500. The number of halogens is 1. The molecule has 0 N–H and O–H groups in total. The van der Waals surface area contributed by atoms with Crippen molar-refractivity contribution in [3.05, 3.63) is 28.7 Å². The Morgan fingerprint density at radius 2 is 1.82 bits per heavy atom. The number of benzene rings is 1. The van der Waals surface area contributed by atoms with Crippen LogP contribution in [0.25, 0.3) is 0 Å². The lowest BCUT2D eigenvalue weighted by Crippen LogP contribution is -2.29. The third kappa shape index (κ3) is 3.23. The van der Waals surface area contributed by atoms with E-state index in [0.29, 0.717) is 6.61 Å². The lowest BCUT2D eigenvalue weighted by molar-refractivity contribution is 0.150. The highest BCUT2D eigenvalue weighted by Gasteiger charge is 2.32. The number of hydrogen-bond donors (Lipinski definition) is 0. The van der Waals surface area contributed by atoms with E-state index in [9.17, 15) is 5.26 Å². The van der Waals surface area contributed by atoms with Crippen molar-refractivity contribution in [2.45, 2.75) is 32.1 Å². The Labute approximate surface area is 111 Å². The largest absolute Gasteiger partial charge is 0.492 e. The summed E-state index contributed by atoms with van der Waals surface area (Å²) in [5.41, 5.74) is -0.259. The molecule has 0 aromatic heterocycles. The second kappa shape index (κ2) is 5.55. The van der Waals surface area contributed by atoms with Crippen molar-refractivity contribution in [2.24, 2.45) is 5.41 Å². The highest BCUT2D eigenvalue weighted by Crippen LogP contribution is 2.36. The average Bonchev–Trinajstić information content (AvgIpc) is 2.39. The molecule has 90 valence electrons. The molecule has 1 aromatic carbocycles. The van der Waals surface area contributed by atoms with E-state index in [1.165, 1.54) is 6.42 Å². The molecule has 1 aliphatic carbocycles. The third-order valence-corrected chi connectivity index (χ3v) is 3.91. The number of rotatable bonds is 3. The van der Waals surface area contributed by atoms with Crippen molar-refractivity contribution in [3.8, 4) is 11.8 Å². The quantitative estimate of drug-likeness (QED) is 0.832. The van der Waals surface area contributed by atoms with Gasteiger partial charge in [0.1, 0.15) is 12.4 Å². The van der Waals surface area contributed by atoms with Crippen molar-refractivity contribution in [1.82, 2.24) is 0 Å². The van der Waals surface area contributed by atoms with Crippen molar-refractivity contribution in [3.63, 3.8) is 0 Å². The van der Waals surface area contributed by atoms with E-state index < -0.39 is 0 Å². The zero-order chi connectivity index (χ0) is 12.1. The van der Waals surface area contributed by atoms with Gasteiger partial charge in [-0.25, -0.2) is 0 Å². The molecule has 1 aliphatic rings. The molecular formula is C14H16BrNO.